The summed E-state index contributed by atoms with van der Waals surface area (Å²) in [4.78, 5) is 0. The van der Waals surface area contributed by atoms with Gasteiger partial charge >= 0.3 is 0 Å². The number of hydrogen-bond donors (Lipinski definition) is 1. The van der Waals surface area contributed by atoms with Gasteiger partial charge in [-0.05, 0) is 54.9 Å². The predicted molar refractivity (Wildman–Crippen MR) is 77.5 cm³/mol. The van der Waals surface area contributed by atoms with E-state index in [2.05, 4.69) is 26.1 Å². The largest absolute Gasteiger partial charge is 0.314 e. The third-order valence-corrected chi connectivity index (χ3v) is 6.50. The summed E-state index contributed by atoms with van der Waals surface area (Å²) in [6.07, 6.45) is 9.08. The lowest BCUT2D eigenvalue weighted by Crippen LogP contribution is -2.38. The molecule has 18 heavy (non-hydrogen) atoms. The smallest absolute Gasteiger partial charge is 0.0129 e. The van der Waals surface area contributed by atoms with Crippen LogP contribution in [0.1, 0.15) is 59.3 Å². The molecular weight excluding hydrogens is 218 g/mol. The first-order valence-corrected chi connectivity index (χ1v) is 8.49. The molecule has 0 bridgehead atoms. The first kappa shape index (κ1) is 13.0. The fraction of sp³-hybridized carbons (Fsp3) is 1.00. The monoisotopic (exact) mass is 249 g/mol. The van der Waals surface area contributed by atoms with Gasteiger partial charge in [0, 0.05) is 6.04 Å². The maximum atomic E-state index is 3.87. The molecule has 0 radical (unpaired) electrons. The maximum absolute atomic E-state index is 3.87. The van der Waals surface area contributed by atoms with E-state index >= 15 is 0 Å². The molecule has 3 rings (SSSR count). The quantitative estimate of drug-likeness (QED) is 0.774. The third-order valence-electron chi connectivity index (χ3n) is 6.50. The topological polar surface area (TPSA) is 12.0 Å². The summed E-state index contributed by atoms with van der Waals surface area (Å²) in [5.74, 6) is 6.22. The van der Waals surface area contributed by atoms with Crippen molar-refractivity contribution in [2.24, 2.45) is 35.5 Å². The minimum absolute atomic E-state index is 0.848. The highest BCUT2D eigenvalue weighted by Gasteiger charge is 2.53. The first-order chi connectivity index (χ1) is 8.76. The van der Waals surface area contributed by atoms with Gasteiger partial charge in [-0.3, -0.25) is 0 Å². The van der Waals surface area contributed by atoms with Crippen molar-refractivity contribution in [2.45, 2.75) is 65.3 Å². The molecule has 0 aromatic rings. The van der Waals surface area contributed by atoms with Gasteiger partial charge in [-0.25, -0.2) is 0 Å². The van der Waals surface area contributed by atoms with Crippen LogP contribution in [-0.2, 0) is 0 Å². The minimum atomic E-state index is 0.848. The van der Waals surface area contributed by atoms with Gasteiger partial charge in [0.1, 0.15) is 0 Å². The Kier molecular flexibility index (Phi) is 3.71. The average molecular weight is 249 g/mol. The van der Waals surface area contributed by atoms with Crippen molar-refractivity contribution in [1.82, 2.24) is 5.32 Å². The highest BCUT2D eigenvalue weighted by Crippen LogP contribution is 2.56. The minimum Gasteiger partial charge on any atom is -0.314 e. The molecule has 1 nitrogen and oxygen atoms in total. The zero-order valence-corrected chi connectivity index (χ0v) is 12.5. The van der Waals surface area contributed by atoms with E-state index < -0.39 is 0 Å². The molecule has 3 fully saturated rings. The van der Waals surface area contributed by atoms with Crippen LogP contribution >= 0.6 is 0 Å². The standard InChI is InChI=1S/C17H31N/c1-4-15-11(3)16(15)17(18-5-2)14-9-12-7-6-8-13(12)10-14/h11-18H,4-10H2,1-3H3/t11?,12-,13?,14?,15?,16?,17?/m1/s1. The van der Waals surface area contributed by atoms with Crippen molar-refractivity contribution in [3.05, 3.63) is 0 Å². The second kappa shape index (κ2) is 5.15. The van der Waals surface area contributed by atoms with Crippen molar-refractivity contribution in [3.63, 3.8) is 0 Å². The molecule has 0 aromatic carbocycles. The molecule has 0 amide bonds. The summed E-state index contributed by atoms with van der Waals surface area (Å²) in [6.45, 7) is 8.32. The number of rotatable bonds is 5. The Balaban J connectivity index is 1.64. The van der Waals surface area contributed by atoms with E-state index in [9.17, 15) is 0 Å². The lowest BCUT2D eigenvalue weighted by molar-refractivity contribution is 0.297. The predicted octanol–water partition coefficient (Wildman–Crippen LogP) is 4.08. The molecule has 0 aliphatic heterocycles. The molecule has 0 aromatic heterocycles. The summed E-state index contributed by atoms with van der Waals surface area (Å²) in [5.41, 5.74) is 0. The molecule has 3 saturated carbocycles. The average Bonchev–Trinajstić information content (AvgIpc) is 2.71. The van der Waals surface area contributed by atoms with Crippen molar-refractivity contribution >= 4 is 0 Å². The summed E-state index contributed by atoms with van der Waals surface area (Å²) in [6, 6.07) is 0.848. The molecule has 7 atom stereocenters. The van der Waals surface area contributed by atoms with Crippen molar-refractivity contribution in [2.75, 3.05) is 6.54 Å². The van der Waals surface area contributed by atoms with E-state index in [0.717, 1.165) is 48.1 Å². The molecule has 0 spiro atoms. The number of fused-ring (bicyclic) bond motifs is 1. The Labute approximate surface area is 113 Å². The molecule has 104 valence electrons. The summed E-state index contributed by atoms with van der Waals surface area (Å²) in [5, 5.41) is 3.87. The van der Waals surface area contributed by atoms with Crippen molar-refractivity contribution in [1.29, 1.82) is 0 Å². The lowest BCUT2D eigenvalue weighted by atomic mass is 9.90. The third kappa shape index (κ3) is 2.13. The maximum Gasteiger partial charge on any atom is 0.0129 e. The molecule has 3 aliphatic carbocycles. The Morgan fingerprint density at radius 2 is 1.78 bits per heavy atom. The molecule has 3 aliphatic rings. The van der Waals surface area contributed by atoms with Crippen molar-refractivity contribution in [3.8, 4) is 0 Å². The van der Waals surface area contributed by atoms with Gasteiger partial charge in [0.15, 0.2) is 0 Å². The molecule has 1 N–H and O–H groups in total. The Morgan fingerprint density at radius 1 is 1.11 bits per heavy atom. The first-order valence-electron chi connectivity index (χ1n) is 8.49. The van der Waals surface area contributed by atoms with Crippen LogP contribution in [0.5, 0.6) is 0 Å². The summed E-state index contributed by atoms with van der Waals surface area (Å²) < 4.78 is 0. The zero-order valence-electron chi connectivity index (χ0n) is 12.5. The van der Waals surface area contributed by atoms with Crippen LogP contribution in [0.4, 0.5) is 0 Å². The van der Waals surface area contributed by atoms with Crippen LogP contribution in [0, 0.1) is 35.5 Å². The van der Waals surface area contributed by atoms with Gasteiger partial charge in [-0.2, -0.15) is 0 Å². The van der Waals surface area contributed by atoms with Crippen LogP contribution in [0.15, 0.2) is 0 Å². The summed E-state index contributed by atoms with van der Waals surface area (Å²) >= 11 is 0. The highest BCUT2D eigenvalue weighted by atomic mass is 14.9. The van der Waals surface area contributed by atoms with Gasteiger partial charge in [-0.1, -0.05) is 46.5 Å². The number of hydrogen-bond acceptors (Lipinski definition) is 1. The van der Waals surface area contributed by atoms with E-state index in [1.807, 2.05) is 0 Å². The van der Waals surface area contributed by atoms with Gasteiger partial charge in [0.05, 0.1) is 0 Å². The molecular formula is C17H31N. The lowest BCUT2D eigenvalue weighted by Gasteiger charge is -2.26. The van der Waals surface area contributed by atoms with Gasteiger partial charge in [0.2, 0.25) is 0 Å². The fourth-order valence-corrected chi connectivity index (χ4v) is 5.57. The van der Waals surface area contributed by atoms with Crippen LogP contribution in [0.2, 0.25) is 0 Å². The van der Waals surface area contributed by atoms with Crippen LogP contribution < -0.4 is 5.32 Å². The SMILES string of the molecule is CCNC(C1CC2CCC[C@@H]2C1)C1C(C)C1CC. The van der Waals surface area contributed by atoms with E-state index in [1.165, 1.54) is 25.7 Å². The van der Waals surface area contributed by atoms with Crippen LogP contribution in [0.25, 0.3) is 0 Å². The van der Waals surface area contributed by atoms with E-state index in [-0.39, 0.29) is 0 Å². The van der Waals surface area contributed by atoms with E-state index in [1.54, 1.807) is 12.8 Å². The molecule has 0 heterocycles. The Hall–Kier alpha value is -0.0400. The van der Waals surface area contributed by atoms with Crippen molar-refractivity contribution < 1.29 is 0 Å². The zero-order chi connectivity index (χ0) is 12.7. The Bertz CT molecular complexity index is 275. The molecule has 0 saturated heterocycles. The van der Waals surface area contributed by atoms with E-state index in [0.29, 0.717) is 0 Å². The normalized spacial score (nSPS) is 48.2. The Morgan fingerprint density at radius 3 is 2.28 bits per heavy atom. The second-order valence-corrected chi connectivity index (χ2v) is 7.27. The molecule has 6 unspecified atom stereocenters. The second-order valence-electron chi connectivity index (χ2n) is 7.27. The van der Waals surface area contributed by atoms with Gasteiger partial charge in [-0.15, -0.1) is 0 Å². The molecule has 1 heteroatoms. The number of nitrogens with one attached hydrogen (secondary N) is 1. The fourth-order valence-electron chi connectivity index (χ4n) is 5.57. The van der Waals surface area contributed by atoms with Gasteiger partial charge < -0.3 is 5.32 Å². The van der Waals surface area contributed by atoms with Gasteiger partial charge in [0.25, 0.3) is 0 Å². The van der Waals surface area contributed by atoms with Crippen LogP contribution in [-0.4, -0.2) is 12.6 Å². The summed E-state index contributed by atoms with van der Waals surface area (Å²) in [7, 11) is 0. The highest BCUT2D eigenvalue weighted by molar-refractivity contribution is 5.05. The van der Waals surface area contributed by atoms with E-state index in [4.69, 9.17) is 0 Å². The van der Waals surface area contributed by atoms with Crippen LogP contribution in [0.3, 0.4) is 0 Å².